The monoisotopic (exact) mass is 340 g/mol. The Bertz CT molecular complexity index is 730. The molecule has 3 rings (SSSR count). The molecule has 0 bridgehead atoms. The van der Waals surface area contributed by atoms with Crippen molar-refractivity contribution in [3.8, 4) is 5.75 Å². The van der Waals surface area contributed by atoms with Crippen molar-refractivity contribution in [1.29, 1.82) is 0 Å². The number of hydrogen-bond acceptors (Lipinski definition) is 3. The highest BCUT2D eigenvalue weighted by molar-refractivity contribution is 5.74. The molecular weight excluding hydrogens is 316 g/mol. The van der Waals surface area contributed by atoms with Gasteiger partial charge in [0, 0.05) is 6.42 Å². The molecule has 132 valence electrons. The summed E-state index contributed by atoms with van der Waals surface area (Å²) in [5, 5.41) is 15.8. The van der Waals surface area contributed by atoms with Crippen LogP contribution < -0.4 is 15.4 Å². The zero-order chi connectivity index (χ0) is 17.8. The number of carbonyl (C=O) groups is 1. The zero-order valence-corrected chi connectivity index (χ0v) is 14.5. The second kappa shape index (κ2) is 7.57. The van der Waals surface area contributed by atoms with Crippen LogP contribution in [-0.4, -0.2) is 29.9 Å². The molecule has 0 radical (unpaired) electrons. The van der Waals surface area contributed by atoms with Gasteiger partial charge in [-0.15, -0.1) is 0 Å². The topological polar surface area (TPSA) is 70.6 Å². The molecule has 1 aliphatic carbocycles. The predicted molar refractivity (Wildman–Crippen MR) is 96.7 cm³/mol. The maximum Gasteiger partial charge on any atom is 0.315 e. The Labute approximate surface area is 148 Å². The first kappa shape index (κ1) is 17.3. The van der Waals surface area contributed by atoms with Crippen LogP contribution in [0.3, 0.4) is 0 Å². The molecule has 0 fully saturated rings. The van der Waals surface area contributed by atoms with E-state index < -0.39 is 6.10 Å². The van der Waals surface area contributed by atoms with Crippen LogP contribution in [-0.2, 0) is 6.42 Å². The summed E-state index contributed by atoms with van der Waals surface area (Å²) in [6, 6.07) is 14.9. The molecule has 2 aromatic carbocycles. The number of hydrogen-bond donors (Lipinski definition) is 3. The molecule has 5 nitrogen and oxygen atoms in total. The third kappa shape index (κ3) is 4.31. The van der Waals surface area contributed by atoms with Crippen molar-refractivity contribution in [3.05, 3.63) is 65.2 Å². The Morgan fingerprint density at radius 2 is 1.96 bits per heavy atom. The average Bonchev–Trinajstić information content (AvgIpc) is 2.91. The minimum atomic E-state index is -0.593. The van der Waals surface area contributed by atoms with E-state index in [1.165, 1.54) is 5.56 Å². The molecule has 2 aromatic rings. The number of carbonyl (C=O) groups excluding carboxylic acids is 1. The first-order valence-corrected chi connectivity index (χ1v) is 8.56. The third-order valence-corrected chi connectivity index (χ3v) is 4.40. The molecule has 0 heterocycles. The van der Waals surface area contributed by atoms with E-state index in [9.17, 15) is 9.90 Å². The van der Waals surface area contributed by atoms with Crippen LogP contribution in [0.1, 0.15) is 29.7 Å². The highest BCUT2D eigenvalue weighted by Crippen LogP contribution is 2.31. The molecule has 1 aliphatic rings. The second-order valence-electron chi connectivity index (χ2n) is 6.54. The molecule has 5 heteroatoms. The van der Waals surface area contributed by atoms with Gasteiger partial charge in [-0.2, -0.15) is 0 Å². The van der Waals surface area contributed by atoms with Crippen molar-refractivity contribution in [3.63, 3.8) is 0 Å². The molecule has 0 aromatic heterocycles. The smallest absolute Gasteiger partial charge is 0.315 e. The van der Waals surface area contributed by atoms with Gasteiger partial charge in [0.15, 0.2) is 0 Å². The van der Waals surface area contributed by atoms with E-state index in [0.29, 0.717) is 13.0 Å². The predicted octanol–water partition coefficient (Wildman–Crippen LogP) is 2.72. The first-order chi connectivity index (χ1) is 12.0. The maximum atomic E-state index is 12.2. The van der Waals surface area contributed by atoms with E-state index in [4.69, 9.17) is 4.74 Å². The lowest BCUT2D eigenvalue weighted by Crippen LogP contribution is -2.43. The Morgan fingerprint density at radius 1 is 1.24 bits per heavy atom. The molecule has 0 saturated carbocycles. The van der Waals surface area contributed by atoms with Crippen LogP contribution in [0, 0.1) is 6.92 Å². The fraction of sp³-hybridized carbons (Fsp3) is 0.350. The van der Waals surface area contributed by atoms with Crippen LogP contribution in [0.2, 0.25) is 0 Å². The Hall–Kier alpha value is -2.53. The number of aliphatic hydroxyl groups excluding tert-OH is 1. The lowest BCUT2D eigenvalue weighted by molar-refractivity contribution is 0.141. The maximum absolute atomic E-state index is 12.2. The summed E-state index contributed by atoms with van der Waals surface area (Å²) >= 11 is 0. The summed E-state index contributed by atoms with van der Waals surface area (Å²) < 4.78 is 5.78. The molecule has 0 saturated heterocycles. The van der Waals surface area contributed by atoms with Gasteiger partial charge in [0.2, 0.25) is 0 Å². The van der Waals surface area contributed by atoms with Crippen molar-refractivity contribution in [1.82, 2.24) is 10.6 Å². The fourth-order valence-corrected chi connectivity index (χ4v) is 3.07. The second-order valence-corrected chi connectivity index (χ2v) is 6.54. The number of urea groups is 1. The van der Waals surface area contributed by atoms with Crippen molar-refractivity contribution in [2.24, 2.45) is 0 Å². The number of aliphatic hydroxyl groups is 1. The molecule has 25 heavy (non-hydrogen) atoms. The van der Waals surface area contributed by atoms with Gasteiger partial charge in [-0.1, -0.05) is 42.0 Å². The van der Waals surface area contributed by atoms with Crippen LogP contribution in [0.15, 0.2) is 48.5 Å². The number of rotatable bonds is 5. The quantitative estimate of drug-likeness (QED) is 0.784. The fourth-order valence-electron chi connectivity index (χ4n) is 3.07. The van der Waals surface area contributed by atoms with Crippen LogP contribution in [0.5, 0.6) is 5.75 Å². The minimum Gasteiger partial charge on any atom is -0.489 e. The van der Waals surface area contributed by atoms with Crippen molar-refractivity contribution < 1.29 is 14.6 Å². The number of fused-ring (bicyclic) bond motifs is 1. The van der Waals surface area contributed by atoms with Gasteiger partial charge in [-0.3, -0.25) is 0 Å². The normalized spacial score (nSPS) is 19.8. The first-order valence-electron chi connectivity index (χ1n) is 8.56. The highest BCUT2D eigenvalue weighted by atomic mass is 16.5. The summed E-state index contributed by atoms with van der Waals surface area (Å²) in [4.78, 5) is 12.2. The Kier molecular flexibility index (Phi) is 5.24. The van der Waals surface area contributed by atoms with Gasteiger partial charge in [-0.05, 0) is 37.1 Å². The SMILES string of the molecule is Cc1ccc(OC(C)CNC(=O)NC2c3ccccc3CC2O)cc1. The molecule has 0 spiro atoms. The number of benzene rings is 2. The van der Waals surface area contributed by atoms with Crippen molar-refractivity contribution in [2.45, 2.75) is 38.5 Å². The third-order valence-electron chi connectivity index (χ3n) is 4.40. The van der Waals surface area contributed by atoms with Gasteiger partial charge in [0.05, 0.1) is 18.7 Å². The summed E-state index contributed by atoms with van der Waals surface area (Å²) in [5.74, 6) is 0.778. The summed E-state index contributed by atoms with van der Waals surface area (Å²) in [6.45, 7) is 4.30. The van der Waals surface area contributed by atoms with Gasteiger partial charge in [0.25, 0.3) is 0 Å². The van der Waals surface area contributed by atoms with Gasteiger partial charge < -0.3 is 20.5 Å². The summed E-state index contributed by atoms with van der Waals surface area (Å²) in [7, 11) is 0. The number of aryl methyl sites for hydroxylation is 1. The molecule has 3 N–H and O–H groups in total. The van der Waals surface area contributed by atoms with E-state index in [0.717, 1.165) is 16.9 Å². The number of nitrogens with one attached hydrogen (secondary N) is 2. The lowest BCUT2D eigenvalue weighted by Gasteiger charge is -2.20. The molecule has 3 atom stereocenters. The van der Waals surface area contributed by atoms with E-state index in [-0.39, 0.29) is 18.2 Å². The minimum absolute atomic E-state index is 0.158. The van der Waals surface area contributed by atoms with Crippen molar-refractivity contribution >= 4 is 6.03 Å². The summed E-state index contributed by atoms with van der Waals surface area (Å²) in [6.07, 6.45) is -0.188. The van der Waals surface area contributed by atoms with Gasteiger partial charge >= 0.3 is 6.03 Å². The standard InChI is InChI=1S/C20H24N2O3/c1-13-7-9-16(10-8-13)25-14(2)12-21-20(24)22-19-17-6-4-3-5-15(17)11-18(19)23/h3-10,14,18-19,23H,11-12H2,1-2H3,(H2,21,22,24). The van der Waals surface area contributed by atoms with Gasteiger partial charge in [-0.25, -0.2) is 4.79 Å². The lowest BCUT2D eigenvalue weighted by atomic mass is 10.1. The zero-order valence-electron chi connectivity index (χ0n) is 14.5. The summed E-state index contributed by atoms with van der Waals surface area (Å²) in [5.41, 5.74) is 3.23. The molecule has 2 amide bonds. The van der Waals surface area contributed by atoms with E-state index in [2.05, 4.69) is 10.6 Å². The van der Waals surface area contributed by atoms with Crippen LogP contribution in [0.25, 0.3) is 0 Å². The van der Waals surface area contributed by atoms with Crippen LogP contribution >= 0.6 is 0 Å². The van der Waals surface area contributed by atoms with E-state index in [1.54, 1.807) is 0 Å². The largest absolute Gasteiger partial charge is 0.489 e. The molecular formula is C20H24N2O3. The number of amides is 2. The van der Waals surface area contributed by atoms with E-state index >= 15 is 0 Å². The van der Waals surface area contributed by atoms with Crippen molar-refractivity contribution in [2.75, 3.05) is 6.54 Å². The van der Waals surface area contributed by atoms with Crippen LogP contribution in [0.4, 0.5) is 4.79 Å². The molecule has 0 aliphatic heterocycles. The Morgan fingerprint density at radius 3 is 2.72 bits per heavy atom. The number of ether oxygens (including phenoxy) is 1. The highest BCUT2D eigenvalue weighted by Gasteiger charge is 2.31. The van der Waals surface area contributed by atoms with Gasteiger partial charge in [0.1, 0.15) is 11.9 Å². The average molecular weight is 340 g/mol. The molecule has 3 unspecified atom stereocenters. The van der Waals surface area contributed by atoms with E-state index in [1.807, 2.05) is 62.4 Å². The Balaban J connectivity index is 1.49.